The zero-order chi connectivity index (χ0) is 15.2. The summed E-state index contributed by atoms with van der Waals surface area (Å²) in [6, 6.07) is 23.7. The van der Waals surface area contributed by atoms with Crippen molar-refractivity contribution >= 4 is 22.6 Å². The van der Waals surface area contributed by atoms with Crippen LogP contribution in [-0.4, -0.2) is 12.7 Å². The summed E-state index contributed by atoms with van der Waals surface area (Å²) in [5.41, 5.74) is 1.92. The third kappa shape index (κ3) is 3.44. The Morgan fingerprint density at radius 1 is 0.864 bits per heavy atom. The SMILES string of the molecule is O=C(Nc1ccccc1)OCCc1cccc2ccccc12. The van der Waals surface area contributed by atoms with Gasteiger partial charge in [0.05, 0.1) is 6.61 Å². The second kappa shape index (κ2) is 6.76. The Hall–Kier alpha value is -2.81. The maximum absolute atomic E-state index is 11.7. The van der Waals surface area contributed by atoms with E-state index in [0.717, 1.165) is 5.69 Å². The summed E-state index contributed by atoms with van der Waals surface area (Å²) in [7, 11) is 0. The maximum Gasteiger partial charge on any atom is 0.411 e. The molecular formula is C19H17NO2. The Morgan fingerprint density at radius 3 is 2.45 bits per heavy atom. The number of rotatable bonds is 4. The van der Waals surface area contributed by atoms with Crippen molar-refractivity contribution in [2.75, 3.05) is 11.9 Å². The Balaban J connectivity index is 1.57. The van der Waals surface area contributed by atoms with Gasteiger partial charge in [0.25, 0.3) is 0 Å². The lowest BCUT2D eigenvalue weighted by Crippen LogP contribution is -2.15. The predicted octanol–water partition coefficient (Wildman–Crippen LogP) is 4.63. The van der Waals surface area contributed by atoms with E-state index in [0.29, 0.717) is 13.0 Å². The van der Waals surface area contributed by atoms with Crippen molar-refractivity contribution in [1.29, 1.82) is 0 Å². The molecule has 0 bridgehead atoms. The molecule has 0 saturated heterocycles. The Morgan fingerprint density at radius 2 is 1.59 bits per heavy atom. The van der Waals surface area contributed by atoms with Crippen LogP contribution in [0.15, 0.2) is 72.8 Å². The van der Waals surface area contributed by atoms with Crippen molar-refractivity contribution in [3.05, 3.63) is 78.4 Å². The molecule has 3 rings (SSSR count). The normalized spacial score (nSPS) is 10.4. The molecule has 22 heavy (non-hydrogen) atoms. The Kier molecular flexibility index (Phi) is 4.35. The second-order valence-electron chi connectivity index (χ2n) is 5.02. The van der Waals surface area contributed by atoms with Crippen molar-refractivity contribution in [2.24, 2.45) is 0 Å². The highest BCUT2D eigenvalue weighted by Crippen LogP contribution is 2.18. The highest BCUT2D eigenvalue weighted by Gasteiger charge is 2.04. The highest BCUT2D eigenvalue weighted by molar-refractivity contribution is 5.86. The van der Waals surface area contributed by atoms with Gasteiger partial charge >= 0.3 is 6.09 Å². The van der Waals surface area contributed by atoms with E-state index in [1.54, 1.807) is 0 Å². The summed E-state index contributed by atoms with van der Waals surface area (Å²) in [4.78, 5) is 11.7. The molecule has 3 aromatic carbocycles. The van der Waals surface area contributed by atoms with Gasteiger partial charge in [0.15, 0.2) is 0 Å². The van der Waals surface area contributed by atoms with Crippen LogP contribution in [0, 0.1) is 0 Å². The van der Waals surface area contributed by atoms with Crippen molar-refractivity contribution in [1.82, 2.24) is 0 Å². The van der Waals surface area contributed by atoms with Crippen molar-refractivity contribution < 1.29 is 9.53 Å². The fourth-order valence-corrected chi connectivity index (χ4v) is 2.44. The number of carbonyl (C=O) groups excluding carboxylic acids is 1. The average molecular weight is 291 g/mol. The quantitative estimate of drug-likeness (QED) is 0.761. The maximum atomic E-state index is 11.7. The van der Waals surface area contributed by atoms with Gasteiger partial charge in [-0.05, 0) is 28.5 Å². The zero-order valence-corrected chi connectivity index (χ0v) is 12.2. The number of fused-ring (bicyclic) bond motifs is 1. The number of anilines is 1. The number of hydrogen-bond donors (Lipinski definition) is 1. The molecular weight excluding hydrogens is 274 g/mol. The van der Waals surface area contributed by atoms with E-state index in [9.17, 15) is 4.79 Å². The number of carbonyl (C=O) groups is 1. The molecule has 110 valence electrons. The zero-order valence-electron chi connectivity index (χ0n) is 12.2. The molecule has 1 N–H and O–H groups in total. The van der Waals surface area contributed by atoms with Crippen LogP contribution in [0.2, 0.25) is 0 Å². The van der Waals surface area contributed by atoms with Crippen molar-refractivity contribution in [3.8, 4) is 0 Å². The van der Waals surface area contributed by atoms with Gasteiger partial charge in [0.2, 0.25) is 0 Å². The van der Waals surface area contributed by atoms with Crippen LogP contribution >= 0.6 is 0 Å². The molecule has 1 amide bonds. The standard InChI is InChI=1S/C19H17NO2/c21-19(20-17-10-2-1-3-11-17)22-14-13-16-9-6-8-15-7-4-5-12-18(15)16/h1-12H,13-14H2,(H,20,21). The topological polar surface area (TPSA) is 38.3 Å². The van der Waals surface area contributed by atoms with Gasteiger partial charge in [-0.3, -0.25) is 5.32 Å². The first-order valence-electron chi connectivity index (χ1n) is 7.28. The van der Waals surface area contributed by atoms with Crippen LogP contribution in [0.3, 0.4) is 0 Å². The molecule has 0 heterocycles. The molecule has 3 nitrogen and oxygen atoms in total. The fraction of sp³-hybridized carbons (Fsp3) is 0.105. The average Bonchev–Trinajstić information content (AvgIpc) is 2.56. The summed E-state index contributed by atoms with van der Waals surface area (Å²) in [5, 5.41) is 5.11. The minimum absolute atomic E-state index is 0.354. The van der Waals surface area contributed by atoms with Gasteiger partial charge < -0.3 is 4.74 Å². The molecule has 0 aliphatic carbocycles. The molecule has 0 unspecified atom stereocenters. The predicted molar refractivity (Wildman–Crippen MR) is 89.1 cm³/mol. The Bertz CT molecular complexity index is 763. The lowest BCUT2D eigenvalue weighted by Gasteiger charge is -2.08. The van der Waals surface area contributed by atoms with E-state index in [4.69, 9.17) is 4.74 Å². The largest absolute Gasteiger partial charge is 0.449 e. The minimum Gasteiger partial charge on any atom is -0.449 e. The number of nitrogens with one attached hydrogen (secondary N) is 1. The van der Waals surface area contributed by atoms with E-state index in [1.165, 1.54) is 16.3 Å². The number of benzene rings is 3. The third-order valence-electron chi connectivity index (χ3n) is 3.50. The monoisotopic (exact) mass is 291 g/mol. The van der Waals surface area contributed by atoms with Crippen LogP contribution < -0.4 is 5.32 Å². The number of amides is 1. The van der Waals surface area contributed by atoms with Crippen LogP contribution in [0.25, 0.3) is 10.8 Å². The lowest BCUT2D eigenvalue weighted by atomic mass is 10.0. The Labute approximate surface area is 129 Å². The first kappa shape index (κ1) is 14.1. The van der Waals surface area contributed by atoms with E-state index in [-0.39, 0.29) is 0 Å². The van der Waals surface area contributed by atoms with Gasteiger partial charge in [-0.25, -0.2) is 4.79 Å². The van der Waals surface area contributed by atoms with E-state index >= 15 is 0 Å². The third-order valence-corrected chi connectivity index (χ3v) is 3.50. The van der Waals surface area contributed by atoms with E-state index < -0.39 is 6.09 Å². The summed E-state index contributed by atoms with van der Waals surface area (Å²) in [6.45, 7) is 0.354. The lowest BCUT2D eigenvalue weighted by molar-refractivity contribution is 0.163. The highest BCUT2D eigenvalue weighted by atomic mass is 16.5. The summed E-state index contributed by atoms with van der Waals surface area (Å²) in [6.07, 6.45) is 0.273. The fourth-order valence-electron chi connectivity index (χ4n) is 2.44. The number of para-hydroxylation sites is 1. The molecule has 3 aromatic rings. The summed E-state index contributed by atoms with van der Waals surface area (Å²) < 4.78 is 5.25. The van der Waals surface area contributed by atoms with Crippen LogP contribution in [0.1, 0.15) is 5.56 Å². The number of ether oxygens (including phenoxy) is 1. The van der Waals surface area contributed by atoms with Gasteiger partial charge in [-0.2, -0.15) is 0 Å². The first-order chi connectivity index (χ1) is 10.8. The molecule has 0 radical (unpaired) electrons. The number of hydrogen-bond acceptors (Lipinski definition) is 2. The molecule has 0 saturated carbocycles. The summed E-state index contributed by atoms with van der Waals surface area (Å²) >= 11 is 0. The second-order valence-corrected chi connectivity index (χ2v) is 5.02. The minimum atomic E-state index is -0.425. The van der Waals surface area contributed by atoms with Crippen LogP contribution in [0.5, 0.6) is 0 Å². The van der Waals surface area contributed by atoms with Gasteiger partial charge in [-0.1, -0.05) is 60.7 Å². The molecule has 0 aliphatic heterocycles. The molecule has 0 fully saturated rings. The van der Waals surface area contributed by atoms with Gasteiger partial charge in [-0.15, -0.1) is 0 Å². The molecule has 0 aromatic heterocycles. The van der Waals surface area contributed by atoms with Crippen LogP contribution in [-0.2, 0) is 11.2 Å². The molecule has 0 spiro atoms. The van der Waals surface area contributed by atoms with E-state index in [1.807, 2.05) is 48.5 Å². The molecule has 0 aliphatic rings. The van der Waals surface area contributed by atoms with Crippen molar-refractivity contribution in [3.63, 3.8) is 0 Å². The van der Waals surface area contributed by atoms with Crippen LogP contribution in [0.4, 0.5) is 10.5 Å². The first-order valence-corrected chi connectivity index (χ1v) is 7.28. The molecule has 3 heteroatoms. The van der Waals surface area contributed by atoms with E-state index in [2.05, 4.69) is 29.6 Å². The van der Waals surface area contributed by atoms with Gasteiger partial charge in [0, 0.05) is 12.1 Å². The van der Waals surface area contributed by atoms with Gasteiger partial charge in [0.1, 0.15) is 0 Å². The smallest absolute Gasteiger partial charge is 0.411 e. The van der Waals surface area contributed by atoms with Crippen molar-refractivity contribution in [2.45, 2.75) is 6.42 Å². The molecule has 0 atom stereocenters. The summed E-state index contributed by atoms with van der Waals surface area (Å²) in [5.74, 6) is 0.